The van der Waals surface area contributed by atoms with Crippen LogP contribution in [0, 0.1) is 0 Å². The van der Waals surface area contributed by atoms with Crippen LogP contribution >= 0.6 is 11.3 Å². The number of nitrogens with one attached hydrogen (secondary N) is 2. The molecule has 1 aromatic carbocycles. The highest BCUT2D eigenvalue weighted by molar-refractivity contribution is 7.15. The molecule has 0 spiro atoms. The van der Waals surface area contributed by atoms with Crippen LogP contribution in [0.4, 0.5) is 21.3 Å². The summed E-state index contributed by atoms with van der Waals surface area (Å²) in [6, 6.07) is 7.17. The van der Waals surface area contributed by atoms with Crippen molar-refractivity contribution in [1.82, 2.24) is 15.5 Å². The van der Waals surface area contributed by atoms with Gasteiger partial charge in [-0.05, 0) is 31.5 Å². The molecule has 132 valence electrons. The van der Waals surface area contributed by atoms with Crippen LogP contribution in [0.2, 0.25) is 0 Å². The Bertz CT molecular complexity index is 777. The fourth-order valence-electron chi connectivity index (χ4n) is 2.79. The van der Waals surface area contributed by atoms with Crippen molar-refractivity contribution in [3.8, 4) is 0 Å². The molecule has 2 aromatic rings. The molecule has 1 saturated heterocycles. The Balaban J connectivity index is 1.54. The molecule has 0 aliphatic carbocycles. The number of amides is 3. The third kappa shape index (κ3) is 4.24. The van der Waals surface area contributed by atoms with Gasteiger partial charge < -0.3 is 21.3 Å². The Hall–Kier alpha value is -2.68. The first-order valence-corrected chi connectivity index (χ1v) is 8.89. The second-order valence-corrected chi connectivity index (χ2v) is 6.96. The van der Waals surface area contributed by atoms with Gasteiger partial charge in [0.25, 0.3) is 0 Å². The van der Waals surface area contributed by atoms with E-state index in [9.17, 15) is 9.59 Å². The van der Waals surface area contributed by atoms with Crippen molar-refractivity contribution in [2.75, 3.05) is 22.5 Å². The van der Waals surface area contributed by atoms with Crippen molar-refractivity contribution in [2.24, 2.45) is 0 Å². The van der Waals surface area contributed by atoms with Gasteiger partial charge in [-0.1, -0.05) is 17.4 Å². The van der Waals surface area contributed by atoms with Crippen LogP contribution in [-0.4, -0.2) is 34.7 Å². The molecule has 3 rings (SSSR count). The van der Waals surface area contributed by atoms with Crippen LogP contribution in [-0.2, 0) is 11.2 Å². The molecule has 1 aliphatic rings. The van der Waals surface area contributed by atoms with Gasteiger partial charge in [0.05, 0.1) is 0 Å². The van der Waals surface area contributed by atoms with E-state index in [1.807, 2.05) is 25.1 Å². The van der Waals surface area contributed by atoms with E-state index in [-0.39, 0.29) is 18.0 Å². The highest BCUT2D eigenvalue weighted by Gasteiger charge is 2.28. The number of aromatic nitrogens is 2. The van der Waals surface area contributed by atoms with E-state index in [1.165, 1.54) is 11.3 Å². The largest absolute Gasteiger partial charge is 0.374 e. The fourth-order valence-corrected chi connectivity index (χ4v) is 3.39. The van der Waals surface area contributed by atoms with Gasteiger partial charge in [0.15, 0.2) is 0 Å². The van der Waals surface area contributed by atoms with E-state index in [2.05, 4.69) is 20.8 Å². The molecule has 1 fully saturated rings. The Morgan fingerprint density at radius 2 is 2.28 bits per heavy atom. The Morgan fingerprint density at radius 3 is 2.96 bits per heavy atom. The number of nitrogen functional groups attached to an aromatic ring is 1. The summed E-state index contributed by atoms with van der Waals surface area (Å²) in [4.78, 5) is 25.8. The summed E-state index contributed by atoms with van der Waals surface area (Å²) in [5.74, 6) is 0.116. The Morgan fingerprint density at radius 1 is 1.44 bits per heavy atom. The number of carbonyl (C=O) groups is 2. The van der Waals surface area contributed by atoms with Gasteiger partial charge >= 0.3 is 6.03 Å². The lowest BCUT2D eigenvalue weighted by Gasteiger charge is -2.22. The normalized spacial score (nSPS) is 16.9. The van der Waals surface area contributed by atoms with Crippen LogP contribution in [0.5, 0.6) is 0 Å². The maximum atomic E-state index is 12.0. The zero-order valence-corrected chi connectivity index (χ0v) is 14.7. The van der Waals surface area contributed by atoms with Crippen molar-refractivity contribution in [2.45, 2.75) is 32.2 Å². The van der Waals surface area contributed by atoms with Gasteiger partial charge in [0.2, 0.25) is 11.0 Å². The average Bonchev–Trinajstić information content (AvgIpc) is 3.13. The molecular formula is C16H20N6O2S. The van der Waals surface area contributed by atoms with E-state index in [4.69, 9.17) is 5.73 Å². The molecule has 0 unspecified atom stereocenters. The summed E-state index contributed by atoms with van der Waals surface area (Å²) in [5.41, 5.74) is 6.96. The lowest BCUT2D eigenvalue weighted by molar-refractivity contribution is -0.117. The number of benzene rings is 1. The lowest BCUT2D eigenvalue weighted by atomic mass is 10.2. The van der Waals surface area contributed by atoms with Gasteiger partial charge in [-0.3, -0.25) is 4.79 Å². The van der Waals surface area contributed by atoms with E-state index in [1.54, 1.807) is 11.0 Å². The quantitative estimate of drug-likeness (QED) is 0.755. The second-order valence-electron chi connectivity index (χ2n) is 5.87. The number of urea groups is 1. The molecule has 1 aromatic heterocycles. The van der Waals surface area contributed by atoms with Crippen LogP contribution in [0.3, 0.4) is 0 Å². The predicted molar refractivity (Wildman–Crippen MR) is 97.7 cm³/mol. The third-order valence-electron chi connectivity index (χ3n) is 3.97. The third-order valence-corrected chi connectivity index (χ3v) is 4.79. The van der Waals surface area contributed by atoms with Crippen molar-refractivity contribution in [3.05, 3.63) is 29.3 Å². The van der Waals surface area contributed by atoms with Crippen LogP contribution in [0.1, 0.15) is 24.8 Å². The topological polar surface area (TPSA) is 113 Å². The zero-order chi connectivity index (χ0) is 17.8. The van der Waals surface area contributed by atoms with E-state index >= 15 is 0 Å². The van der Waals surface area contributed by atoms with E-state index < -0.39 is 0 Å². The number of anilines is 3. The molecule has 25 heavy (non-hydrogen) atoms. The maximum absolute atomic E-state index is 12.0. The molecule has 3 amide bonds. The van der Waals surface area contributed by atoms with Gasteiger partial charge in [-0.2, -0.15) is 0 Å². The number of nitrogens with two attached hydrogens (primary N) is 1. The summed E-state index contributed by atoms with van der Waals surface area (Å²) >= 11 is 1.31. The smallest absolute Gasteiger partial charge is 0.319 e. The van der Waals surface area contributed by atoms with Crippen molar-refractivity contribution in [1.29, 1.82) is 0 Å². The molecule has 8 nitrogen and oxygen atoms in total. The summed E-state index contributed by atoms with van der Waals surface area (Å²) in [6.45, 7) is 2.46. The average molecular weight is 360 g/mol. The number of carbonyl (C=O) groups excluding carboxylic acids is 2. The van der Waals surface area contributed by atoms with Gasteiger partial charge in [0.1, 0.15) is 5.01 Å². The van der Waals surface area contributed by atoms with Crippen molar-refractivity contribution in [3.63, 3.8) is 0 Å². The minimum absolute atomic E-state index is 0.116. The number of nitrogens with zero attached hydrogens (tertiary/aromatic N) is 3. The molecule has 4 N–H and O–H groups in total. The van der Waals surface area contributed by atoms with Gasteiger partial charge in [-0.15, -0.1) is 10.2 Å². The van der Waals surface area contributed by atoms with Crippen LogP contribution in [0.15, 0.2) is 24.3 Å². The minimum atomic E-state index is -0.310. The molecule has 0 saturated carbocycles. The SMILES string of the molecule is C[C@@H]1CCC(=O)N1c1cccc(NC(=O)NCCc2nnc(N)s2)c1. The number of hydrogen-bond donors (Lipinski definition) is 3. The van der Waals surface area contributed by atoms with Gasteiger partial charge in [-0.25, -0.2) is 4.79 Å². The maximum Gasteiger partial charge on any atom is 0.319 e. The molecule has 0 bridgehead atoms. The standard InChI is InChI=1S/C16H20N6O2S/c1-10-5-6-14(23)22(10)12-4-2-3-11(9-12)19-16(24)18-8-7-13-20-21-15(17)25-13/h2-4,9-10H,5-8H2,1H3,(H2,17,21)(H2,18,19,24)/t10-/m1/s1. The first-order valence-electron chi connectivity index (χ1n) is 8.08. The van der Waals surface area contributed by atoms with Crippen molar-refractivity contribution < 1.29 is 9.59 Å². The highest BCUT2D eigenvalue weighted by atomic mass is 32.1. The molecular weight excluding hydrogens is 340 g/mol. The molecule has 2 heterocycles. The van der Waals surface area contributed by atoms with Gasteiger partial charge in [0, 0.05) is 36.8 Å². The number of hydrogen-bond acceptors (Lipinski definition) is 6. The zero-order valence-electron chi connectivity index (χ0n) is 13.9. The van der Waals surface area contributed by atoms with E-state index in [0.29, 0.717) is 30.2 Å². The molecule has 9 heteroatoms. The number of rotatable bonds is 5. The summed E-state index contributed by atoms with van der Waals surface area (Å²) in [5, 5.41) is 14.4. The summed E-state index contributed by atoms with van der Waals surface area (Å²) < 4.78 is 0. The Labute approximate surface area is 149 Å². The molecule has 0 radical (unpaired) electrons. The fraction of sp³-hybridized carbons (Fsp3) is 0.375. The lowest BCUT2D eigenvalue weighted by Crippen LogP contribution is -2.32. The van der Waals surface area contributed by atoms with E-state index in [0.717, 1.165) is 17.1 Å². The highest BCUT2D eigenvalue weighted by Crippen LogP contribution is 2.28. The second kappa shape index (κ2) is 7.47. The first-order chi connectivity index (χ1) is 12.0. The summed E-state index contributed by atoms with van der Waals surface area (Å²) in [6.07, 6.45) is 1.99. The van der Waals surface area contributed by atoms with Crippen LogP contribution in [0.25, 0.3) is 0 Å². The first kappa shape index (κ1) is 17.2. The summed E-state index contributed by atoms with van der Waals surface area (Å²) in [7, 11) is 0. The monoisotopic (exact) mass is 360 g/mol. The Kier molecular flexibility index (Phi) is 5.13. The molecule has 1 aliphatic heterocycles. The predicted octanol–water partition coefficient (Wildman–Crippen LogP) is 2.00. The molecule has 1 atom stereocenters. The minimum Gasteiger partial charge on any atom is -0.374 e. The van der Waals surface area contributed by atoms with Crippen LogP contribution < -0.4 is 21.3 Å². The van der Waals surface area contributed by atoms with Crippen molar-refractivity contribution >= 4 is 39.8 Å².